The first-order chi connectivity index (χ1) is 16.5. The molecule has 1 amide bonds. The van der Waals surface area contributed by atoms with Gasteiger partial charge in [0.1, 0.15) is 23.1 Å². The number of nitrogens with zero attached hydrogens (tertiary/aromatic N) is 5. The summed E-state index contributed by atoms with van der Waals surface area (Å²) in [6.07, 6.45) is 5.43. The summed E-state index contributed by atoms with van der Waals surface area (Å²) in [4.78, 5) is 22.3. The molecule has 1 saturated heterocycles. The van der Waals surface area contributed by atoms with Gasteiger partial charge in [-0.25, -0.2) is 9.97 Å². The van der Waals surface area contributed by atoms with Crippen molar-refractivity contribution in [1.82, 2.24) is 29.5 Å². The van der Waals surface area contributed by atoms with E-state index in [0.29, 0.717) is 35.8 Å². The van der Waals surface area contributed by atoms with Gasteiger partial charge in [0, 0.05) is 36.5 Å². The number of anilines is 1. The molecule has 4 aromatic rings. The van der Waals surface area contributed by atoms with E-state index in [9.17, 15) is 15.0 Å². The standard InChI is InChI=1S/C23H25N7O4/c1-24-20-7-16(27-22-13(8-26-30(20)22)23(33)28-15-4-5-18(15)31)14-9-29(17-10-34-11-19(17)32)21-12(14)3-2-6-25-21/h2-3,6-9,15,17-19,24,31-32H,4-5,10-11H2,1H3,(H,28,33)/t15?,17-,18?,19-/m0/s1. The van der Waals surface area contributed by atoms with Crippen LogP contribution in [0.1, 0.15) is 29.2 Å². The maximum absolute atomic E-state index is 13.0. The lowest BCUT2D eigenvalue weighted by Crippen LogP contribution is -2.50. The molecule has 1 saturated carbocycles. The Kier molecular flexibility index (Phi) is 4.97. The molecule has 11 nitrogen and oxygen atoms in total. The zero-order valence-corrected chi connectivity index (χ0v) is 18.5. The second kappa shape index (κ2) is 8.05. The van der Waals surface area contributed by atoms with Gasteiger partial charge in [-0.05, 0) is 25.0 Å². The quantitative estimate of drug-likeness (QED) is 0.343. The number of ether oxygens (including phenoxy) is 1. The fourth-order valence-electron chi connectivity index (χ4n) is 4.67. The minimum Gasteiger partial charge on any atom is -0.391 e. The summed E-state index contributed by atoms with van der Waals surface area (Å²) < 4.78 is 8.99. The Bertz CT molecular complexity index is 1400. The first kappa shape index (κ1) is 21.0. The molecule has 0 spiro atoms. The van der Waals surface area contributed by atoms with Gasteiger partial charge in [-0.3, -0.25) is 4.79 Å². The van der Waals surface area contributed by atoms with Gasteiger partial charge in [0.05, 0.1) is 43.3 Å². The molecule has 2 aliphatic rings. The Labute approximate surface area is 194 Å². The van der Waals surface area contributed by atoms with Crippen LogP contribution >= 0.6 is 0 Å². The summed E-state index contributed by atoms with van der Waals surface area (Å²) in [5.41, 5.74) is 2.93. The first-order valence-corrected chi connectivity index (χ1v) is 11.3. The third-order valence-electron chi connectivity index (χ3n) is 6.77. The second-order valence-corrected chi connectivity index (χ2v) is 8.79. The summed E-state index contributed by atoms with van der Waals surface area (Å²) in [5.74, 6) is 0.345. The number of rotatable bonds is 5. The maximum Gasteiger partial charge on any atom is 0.257 e. The molecule has 34 heavy (non-hydrogen) atoms. The fraction of sp³-hybridized carbons (Fsp3) is 0.391. The molecule has 6 rings (SSSR count). The van der Waals surface area contributed by atoms with Crippen LogP contribution in [0.25, 0.3) is 27.9 Å². The van der Waals surface area contributed by atoms with E-state index < -0.39 is 12.2 Å². The lowest BCUT2D eigenvalue weighted by molar-refractivity contribution is 0.0448. The van der Waals surface area contributed by atoms with Crippen LogP contribution in [0.3, 0.4) is 0 Å². The number of pyridine rings is 1. The Morgan fingerprint density at radius 3 is 2.79 bits per heavy atom. The lowest BCUT2D eigenvalue weighted by atomic mass is 9.89. The van der Waals surface area contributed by atoms with Crippen molar-refractivity contribution in [1.29, 1.82) is 0 Å². The molecule has 1 aliphatic heterocycles. The third kappa shape index (κ3) is 3.23. The van der Waals surface area contributed by atoms with E-state index in [1.165, 1.54) is 6.20 Å². The zero-order chi connectivity index (χ0) is 23.4. The third-order valence-corrected chi connectivity index (χ3v) is 6.77. The van der Waals surface area contributed by atoms with Crippen molar-refractivity contribution in [2.75, 3.05) is 25.6 Å². The average Bonchev–Trinajstić information content (AvgIpc) is 3.57. The smallest absolute Gasteiger partial charge is 0.257 e. The van der Waals surface area contributed by atoms with Crippen LogP contribution in [0.15, 0.2) is 36.8 Å². The number of fused-ring (bicyclic) bond motifs is 2. The predicted octanol–water partition coefficient (Wildman–Crippen LogP) is 0.973. The molecule has 1 aliphatic carbocycles. The number of carbonyl (C=O) groups excluding carboxylic acids is 1. The van der Waals surface area contributed by atoms with Crippen LogP contribution in [0.5, 0.6) is 0 Å². The molecule has 5 heterocycles. The highest BCUT2D eigenvalue weighted by Gasteiger charge is 2.32. The van der Waals surface area contributed by atoms with Crippen LogP contribution in [-0.2, 0) is 4.74 Å². The fourth-order valence-corrected chi connectivity index (χ4v) is 4.67. The topological polar surface area (TPSA) is 139 Å². The molecule has 11 heteroatoms. The van der Waals surface area contributed by atoms with Crippen molar-refractivity contribution in [2.45, 2.75) is 37.1 Å². The molecule has 2 unspecified atom stereocenters. The van der Waals surface area contributed by atoms with Crippen LogP contribution in [0.2, 0.25) is 0 Å². The Balaban J connectivity index is 1.48. The number of carbonyl (C=O) groups is 1. The van der Waals surface area contributed by atoms with Gasteiger partial charge in [0.25, 0.3) is 5.91 Å². The van der Waals surface area contributed by atoms with Crippen LogP contribution in [0.4, 0.5) is 5.82 Å². The number of hydrogen-bond donors (Lipinski definition) is 4. The SMILES string of the molecule is CNc1cc(-c2cn([C@H]3COC[C@@H]3O)c3ncccc23)nc2c(C(=O)NC3CCC3O)cnn12. The Morgan fingerprint density at radius 2 is 2.09 bits per heavy atom. The molecule has 0 aromatic carbocycles. The van der Waals surface area contributed by atoms with Crippen molar-refractivity contribution in [3.8, 4) is 11.3 Å². The molecule has 4 N–H and O–H groups in total. The zero-order valence-electron chi connectivity index (χ0n) is 18.5. The summed E-state index contributed by atoms with van der Waals surface area (Å²) in [7, 11) is 1.78. The normalized spacial score (nSPS) is 24.4. The van der Waals surface area contributed by atoms with E-state index in [4.69, 9.17) is 9.72 Å². The Morgan fingerprint density at radius 1 is 1.21 bits per heavy atom. The monoisotopic (exact) mass is 463 g/mol. The lowest BCUT2D eigenvalue weighted by Gasteiger charge is -2.32. The largest absolute Gasteiger partial charge is 0.391 e. The summed E-state index contributed by atoms with van der Waals surface area (Å²) >= 11 is 0. The predicted molar refractivity (Wildman–Crippen MR) is 124 cm³/mol. The number of nitrogens with one attached hydrogen (secondary N) is 2. The van der Waals surface area contributed by atoms with Crippen molar-refractivity contribution < 1.29 is 19.7 Å². The van der Waals surface area contributed by atoms with Gasteiger partial charge >= 0.3 is 0 Å². The van der Waals surface area contributed by atoms with E-state index >= 15 is 0 Å². The highest BCUT2D eigenvalue weighted by molar-refractivity contribution is 6.01. The van der Waals surface area contributed by atoms with E-state index in [1.807, 2.05) is 29.0 Å². The number of aromatic nitrogens is 5. The minimum atomic E-state index is -0.624. The van der Waals surface area contributed by atoms with E-state index in [1.54, 1.807) is 17.8 Å². The number of hydrogen-bond acceptors (Lipinski definition) is 8. The molecule has 0 radical (unpaired) electrons. The molecule has 0 bridgehead atoms. The van der Waals surface area contributed by atoms with E-state index in [2.05, 4.69) is 20.7 Å². The van der Waals surface area contributed by atoms with Crippen LogP contribution in [0, 0.1) is 0 Å². The van der Waals surface area contributed by atoms with Crippen molar-refractivity contribution in [3.05, 3.63) is 42.4 Å². The molecule has 4 atom stereocenters. The minimum absolute atomic E-state index is 0.246. The van der Waals surface area contributed by atoms with E-state index in [-0.39, 0.29) is 24.6 Å². The summed E-state index contributed by atoms with van der Waals surface area (Å²) in [6.45, 7) is 0.680. The van der Waals surface area contributed by atoms with E-state index in [0.717, 1.165) is 23.0 Å². The Hall–Kier alpha value is -3.54. The van der Waals surface area contributed by atoms with Gasteiger partial charge in [0.2, 0.25) is 0 Å². The van der Waals surface area contributed by atoms with Crippen LogP contribution in [-0.4, -0.2) is 78.8 Å². The molecule has 4 aromatic heterocycles. The molecular formula is C23H25N7O4. The molecular weight excluding hydrogens is 438 g/mol. The van der Waals surface area contributed by atoms with Gasteiger partial charge < -0.3 is 30.2 Å². The van der Waals surface area contributed by atoms with Crippen molar-refractivity contribution >= 4 is 28.4 Å². The van der Waals surface area contributed by atoms with Crippen molar-refractivity contribution in [3.63, 3.8) is 0 Å². The highest BCUT2D eigenvalue weighted by Crippen LogP contribution is 2.34. The summed E-state index contributed by atoms with van der Waals surface area (Å²) in [6, 6.07) is 5.19. The molecule has 2 fully saturated rings. The van der Waals surface area contributed by atoms with Gasteiger partial charge in [0.15, 0.2) is 5.65 Å². The first-order valence-electron chi connectivity index (χ1n) is 11.3. The average molecular weight is 463 g/mol. The van der Waals surface area contributed by atoms with Gasteiger partial charge in [-0.2, -0.15) is 9.61 Å². The van der Waals surface area contributed by atoms with Crippen LogP contribution < -0.4 is 10.6 Å². The second-order valence-electron chi connectivity index (χ2n) is 8.79. The van der Waals surface area contributed by atoms with Gasteiger partial charge in [-0.15, -0.1) is 0 Å². The van der Waals surface area contributed by atoms with Crippen molar-refractivity contribution in [2.24, 2.45) is 0 Å². The number of amides is 1. The van der Waals surface area contributed by atoms with Gasteiger partial charge in [-0.1, -0.05) is 0 Å². The number of aliphatic hydroxyl groups is 2. The number of aliphatic hydroxyl groups excluding tert-OH is 2. The maximum atomic E-state index is 13.0. The highest BCUT2D eigenvalue weighted by atomic mass is 16.5. The summed E-state index contributed by atoms with van der Waals surface area (Å²) in [5, 5.41) is 31.5. The molecule has 176 valence electrons.